The largest absolute Gasteiger partial charge is 0.265 e. The van der Waals surface area contributed by atoms with Gasteiger partial charge in [0.2, 0.25) is 0 Å². The number of nitrogens with zero attached hydrogens (tertiary/aromatic N) is 1. The Morgan fingerprint density at radius 1 is 1.31 bits per heavy atom. The molecule has 1 heteroatoms. The van der Waals surface area contributed by atoms with Crippen LogP contribution in [0, 0.1) is 5.92 Å². The van der Waals surface area contributed by atoms with Crippen LogP contribution in [0.25, 0.3) is 0 Å². The van der Waals surface area contributed by atoms with Crippen LogP contribution in [0.4, 0.5) is 0 Å². The van der Waals surface area contributed by atoms with Crippen LogP contribution >= 0.6 is 0 Å². The van der Waals surface area contributed by atoms with Gasteiger partial charge in [0.1, 0.15) is 0 Å². The lowest BCUT2D eigenvalue weighted by Crippen LogP contribution is -1.93. The number of hydrogen-bond acceptors (Lipinski definition) is 1. The molecule has 0 aliphatic rings. The summed E-state index contributed by atoms with van der Waals surface area (Å²) in [6.45, 7) is 4.59. The molecule has 1 atom stereocenters. The number of aromatic nitrogens is 1. The van der Waals surface area contributed by atoms with Gasteiger partial charge in [-0.1, -0.05) is 26.7 Å². The van der Waals surface area contributed by atoms with Gasteiger partial charge in [0.05, 0.1) is 0 Å². The van der Waals surface area contributed by atoms with Gasteiger partial charge in [0.15, 0.2) is 0 Å². The lowest BCUT2D eigenvalue weighted by atomic mass is 10.00. The molecule has 0 bridgehead atoms. The smallest absolute Gasteiger partial charge is 0.0270 e. The Balaban J connectivity index is 2.20. The van der Waals surface area contributed by atoms with Crippen molar-refractivity contribution >= 4 is 0 Å². The molecule has 13 heavy (non-hydrogen) atoms. The lowest BCUT2D eigenvalue weighted by Gasteiger charge is -2.07. The highest BCUT2D eigenvalue weighted by molar-refractivity contribution is 5.09. The number of pyridine rings is 1. The fraction of sp³-hybridized carbons (Fsp3) is 0.583. The first-order chi connectivity index (χ1) is 6.33. The molecular formula is C12H19N. The topological polar surface area (TPSA) is 12.9 Å². The highest BCUT2D eigenvalue weighted by Gasteiger charge is 1.98. The molecule has 1 rings (SSSR count). The number of aryl methyl sites for hydroxylation is 1. The van der Waals surface area contributed by atoms with Gasteiger partial charge in [0, 0.05) is 12.4 Å². The molecule has 72 valence electrons. The van der Waals surface area contributed by atoms with Gasteiger partial charge in [-0.3, -0.25) is 4.98 Å². The monoisotopic (exact) mass is 177 g/mol. The molecule has 0 spiro atoms. The van der Waals surface area contributed by atoms with E-state index < -0.39 is 0 Å². The Bertz CT molecular complexity index is 218. The molecule has 0 amide bonds. The minimum atomic E-state index is 0.877. The zero-order valence-electron chi connectivity index (χ0n) is 8.66. The third-order valence-electron chi connectivity index (χ3n) is 2.61. The van der Waals surface area contributed by atoms with E-state index in [9.17, 15) is 0 Å². The van der Waals surface area contributed by atoms with Gasteiger partial charge < -0.3 is 0 Å². The van der Waals surface area contributed by atoms with Crippen LogP contribution in [-0.4, -0.2) is 4.98 Å². The van der Waals surface area contributed by atoms with Crippen molar-refractivity contribution in [2.45, 2.75) is 39.5 Å². The van der Waals surface area contributed by atoms with Crippen LogP contribution in [0.2, 0.25) is 0 Å². The van der Waals surface area contributed by atoms with Crippen LogP contribution in [0.15, 0.2) is 24.5 Å². The molecule has 0 aliphatic heterocycles. The van der Waals surface area contributed by atoms with Gasteiger partial charge in [0.25, 0.3) is 0 Å². The van der Waals surface area contributed by atoms with E-state index in [0.29, 0.717) is 0 Å². The van der Waals surface area contributed by atoms with E-state index >= 15 is 0 Å². The average molecular weight is 177 g/mol. The quantitative estimate of drug-likeness (QED) is 0.671. The first kappa shape index (κ1) is 10.2. The Morgan fingerprint density at radius 2 is 2.00 bits per heavy atom. The minimum Gasteiger partial charge on any atom is -0.265 e. The van der Waals surface area contributed by atoms with Crippen molar-refractivity contribution in [3.8, 4) is 0 Å². The van der Waals surface area contributed by atoms with Gasteiger partial charge >= 0.3 is 0 Å². The van der Waals surface area contributed by atoms with Crippen LogP contribution < -0.4 is 0 Å². The van der Waals surface area contributed by atoms with Gasteiger partial charge in [-0.15, -0.1) is 0 Å². The number of hydrogen-bond donors (Lipinski definition) is 0. The second-order valence-electron chi connectivity index (χ2n) is 3.76. The lowest BCUT2D eigenvalue weighted by molar-refractivity contribution is 0.495. The van der Waals surface area contributed by atoms with Gasteiger partial charge in [-0.2, -0.15) is 0 Å². The zero-order chi connectivity index (χ0) is 9.52. The van der Waals surface area contributed by atoms with Gasteiger partial charge in [-0.25, -0.2) is 0 Å². The molecule has 0 saturated carbocycles. The Kier molecular flexibility index (Phi) is 4.52. The van der Waals surface area contributed by atoms with Crippen molar-refractivity contribution in [2.24, 2.45) is 5.92 Å². The van der Waals surface area contributed by atoms with E-state index in [1.165, 1.54) is 31.2 Å². The second kappa shape index (κ2) is 5.74. The maximum absolute atomic E-state index is 4.00. The van der Waals surface area contributed by atoms with Crippen molar-refractivity contribution in [3.63, 3.8) is 0 Å². The van der Waals surface area contributed by atoms with E-state index in [1.54, 1.807) is 0 Å². The molecule has 1 aromatic rings. The summed E-state index contributed by atoms with van der Waals surface area (Å²) in [4.78, 5) is 4.00. The second-order valence-corrected chi connectivity index (χ2v) is 3.76. The van der Waals surface area contributed by atoms with Crippen LogP contribution in [-0.2, 0) is 6.42 Å². The molecule has 1 nitrogen and oxygen atoms in total. The molecule has 1 aromatic heterocycles. The Hall–Kier alpha value is -0.850. The summed E-state index contributed by atoms with van der Waals surface area (Å²) in [6.07, 6.45) is 8.90. The summed E-state index contributed by atoms with van der Waals surface area (Å²) >= 11 is 0. The molecule has 0 N–H and O–H groups in total. The van der Waals surface area contributed by atoms with Crippen molar-refractivity contribution in [3.05, 3.63) is 30.1 Å². The summed E-state index contributed by atoms with van der Waals surface area (Å²) in [5.41, 5.74) is 1.42. The van der Waals surface area contributed by atoms with E-state index in [-0.39, 0.29) is 0 Å². The highest BCUT2D eigenvalue weighted by Crippen LogP contribution is 2.12. The molecule has 0 radical (unpaired) electrons. The molecule has 1 heterocycles. The first-order valence-corrected chi connectivity index (χ1v) is 5.21. The summed E-state index contributed by atoms with van der Waals surface area (Å²) < 4.78 is 0. The van der Waals surface area contributed by atoms with Crippen molar-refractivity contribution in [2.75, 3.05) is 0 Å². The maximum Gasteiger partial charge on any atom is 0.0270 e. The highest BCUT2D eigenvalue weighted by atomic mass is 14.6. The molecular weight excluding hydrogens is 158 g/mol. The van der Waals surface area contributed by atoms with Crippen molar-refractivity contribution < 1.29 is 0 Å². The molecule has 0 fully saturated rings. The summed E-state index contributed by atoms with van der Waals surface area (Å²) in [7, 11) is 0. The minimum absolute atomic E-state index is 0.877. The van der Waals surface area contributed by atoms with Crippen LogP contribution in [0.5, 0.6) is 0 Å². The van der Waals surface area contributed by atoms with Crippen molar-refractivity contribution in [1.29, 1.82) is 0 Å². The predicted molar refractivity (Wildman–Crippen MR) is 56.6 cm³/mol. The first-order valence-electron chi connectivity index (χ1n) is 5.21. The third-order valence-corrected chi connectivity index (χ3v) is 2.61. The Labute approximate surface area is 81.2 Å². The van der Waals surface area contributed by atoms with E-state index in [1.807, 2.05) is 12.4 Å². The average Bonchev–Trinajstić information content (AvgIpc) is 2.19. The Morgan fingerprint density at radius 3 is 2.62 bits per heavy atom. The normalized spacial score (nSPS) is 12.8. The molecule has 1 unspecified atom stereocenters. The summed E-state index contributed by atoms with van der Waals surface area (Å²) in [5, 5.41) is 0. The standard InChI is InChI=1S/C12H19N/c1-3-11(2)5-4-6-12-7-9-13-10-8-12/h7-11H,3-6H2,1-2H3. The molecule has 0 saturated heterocycles. The number of rotatable bonds is 5. The SMILES string of the molecule is CCC(C)CCCc1ccncc1. The van der Waals surface area contributed by atoms with Gasteiger partial charge in [-0.05, 0) is 36.5 Å². The molecule has 0 aromatic carbocycles. The summed E-state index contributed by atoms with van der Waals surface area (Å²) in [5.74, 6) is 0.877. The van der Waals surface area contributed by atoms with Crippen LogP contribution in [0.3, 0.4) is 0 Å². The fourth-order valence-electron chi connectivity index (χ4n) is 1.41. The zero-order valence-corrected chi connectivity index (χ0v) is 8.66. The molecule has 0 aliphatic carbocycles. The van der Waals surface area contributed by atoms with E-state index in [2.05, 4.69) is 31.0 Å². The van der Waals surface area contributed by atoms with Crippen molar-refractivity contribution in [1.82, 2.24) is 4.98 Å². The third kappa shape index (κ3) is 4.07. The maximum atomic E-state index is 4.00. The predicted octanol–water partition coefficient (Wildman–Crippen LogP) is 3.45. The summed E-state index contributed by atoms with van der Waals surface area (Å²) in [6, 6.07) is 4.22. The van der Waals surface area contributed by atoms with E-state index in [4.69, 9.17) is 0 Å². The fourth-order valence-corrected chi connectivity index (χ4v) is 1.41. The van der Waals surface area contributed by atoms with Crippen LogP contribution in [0.1, 0.15) is 38.7 Å². The van der Waals surface area contributed by atoms with E-state index in [0.717, 1.165) is 5.92 Å².